The van der Waals surface area contributed by atoms with Crippen LogP contribution in [-0.4, -0.2) is 11.4 Å². The van der Waals surface area contributed by atoms with E-state index in [4.69, 9.17) is 17.3 Å². The zero-order valence-electron chi connectivity index (χ0n) is 4.94. The molecule has 0 aliphatic heterocycles. The molecule has 0 aromatic rings. The van der Waals surface area contributed by atoms with Crippen LogP contribution in [0, 0.1) is 0 Å². The summed E-state index contributed by atoms with van der Waals surface area (Å²) < 4.78 is 0. The third kappa shape index (κ3) is 1.64. The van der Waals surface area contributed by atoms with Crippen molar-refractivity contribution in [2.75, 3.05) is 0 Å². The largest absolute Gasteiger partial charge is 0.328 e. The summed E-state index contributed by atoms with van der Waals surface area (Å²) in [6.07, 6.45) is 4.56. The van der Waals surface area contributed by atoms with Crippen molar-refractivity contribution in [3.05, 3.63) is 0 Å². The van der Waals surface area contributed by atoms with Gasteiger partial charge in [0, 0.05) is 11.4 Å². The molecule has 8 heavy (non-hydrogen) atoms. The topological polar surface area (TPSA) is 26.0 Å². The van der Waals surface area contributed by atoms with Gasteiger partial charge in [-0.05, 0) is 19.3 Å². The minimum absolute atomic E-state index is 0.360. The Hall–Kier alpha value is 0.250. The van der Waals surface area contributed by atoms with Crippen LogP contribution in [-0.2, 0) is 0 Å². The maximum Gasteiger partial charge on any atom is 0.0350 e. The van der Waals surface area contributed by atoms with E-state index in [1.54, 1.807) is 0 Å². The van der Waals surface area contributed by atoms with Gasteiger partial charge >= 0.3 is 0 Å². The summed E-state index contributed by atoms with van der Waals surface area (Å²) in [7, 11) is 0. The standard InChI is InChI=1S/C6H12ClN/c7-5-2-1-3-6(8)4-5/h5-6H,1-4,8H2. The molecule has 0 radical (unpaired) electrons. The lowest BCUT2D eigenvalue weighted by Gasteiger charge is -2.21. The summed E-state index contributed by atoms with van der Waals surface area (Å²) in [5, 5.41) is 0.360. The molecule has 0 bridgehead atoms. The molecule has 0 amide bonds. The second-order valence-electron chi connectivity index (χ2n) is 2.52. The smallest absolute Gasteiger partial charge is 0.0350 e. The van der Waals surface area contributed by atoms with Crippen LogP contribution >= 0.6 is 11.6 Å². The van der Waals surface area contributed by atoms with E-state index in [1.807, 2.05) is 0 Å². The van der Waals surface area contributed by atoms with Crippen LogP contribution < -0.4 is 5.73 Å². The quantitative estimate of drug-likeness (QED) is 0.498. The Balaban J connectivity index is 2.23. The average Bonchev–Trinajstić information content (AvgIpc) is 1.64. The first-order chi connectivity index (χ1) is 3.79. The second-order valence-corrected chi connectivity index (χ2v) is 3.14. The molecule has 1 saturated carbocycles. The van der Waals surface area contributed by atoms with Gasteiger partial charge in [-0.3, -0.25) is 0 Å². The van der Waals surface area contributed by atoms with E-state index in [1.165, 1.54) is 12.8 Å². The van der Waals surface area contributed by atoms with Gasteiger partial charge in [-0.1, -0.05) is 6.42 Å². The molecule has 2 heteroatoms. The lowest BCUT2D eigenvalue weighted by atomic mass is 9.96. The van der Waals surface area contributed by atoms with Gasteiger partial charge < -0.3 is 5.73 Å². The summed E-state index contributed by atoms with van der Waals surface area (Å²) in [6.45, 7) is 0. The molecular weight excluding hydrogens is 122 g/mol. The van der Waals surface area contributed by atoms with E-state index >= 15 is 0 Å². The van der Waals surface area contributed by atoms with Crippen molar-refractivity contribution in [2.45, 2.75) is 37.1 Å². The Morgan fingerprint density at radius 2 is 2.12 bits per heavy atom. The first kappa shape index (κ1) is 6.37. The van der Waals surface area contributed by atoms with Gasteiger partial charge in [-0.2, -0.15) is 0 Å². The number of rotatable bonds is 0. The molecule has 0 aromatic carbocycles. The summed E-state index contributed by atoms with van der Waals surface area (Å²) in [5.41, 5.74) is 5.64. The lowest BCUT2D eigenvalue weighted by Crippen LogP contribution is -2.27. The monoisotopic (exact) mass is 133 g/mol. The third-order valence-corrected chi connectivity index (χ3v) is 2.05. The predicted molar refractivity (Wildman–Crippen MR) is 36.1 cm³/mol. The summed E-state index contributed by atoms with van der Waals surface area (Å²) in [5.74, 6) is 0. The molecule has 1 aliphatic carbocycles. The minimum Gasteiger partial charge on any atom is -0.328 e. The Kier molecular flexibility index (Phi) is 2.15. The number of hydrogen-bond acceptors (Lipinski definition) is 1. The highest BCUT2D eigenvalue weighted by molar-refractivity contribution is 6.20. The first-order valence-corrected chi connectivity index (χ1v) is 3.62. The molecule has 2 unspecified atom stereocenters. The molecule has 2 N–H and O–H groups in total. The van der Waals surface area contributed by atoms with E-state index in [9.17, 15) is 0 Å². The van der Waals surface area contributed by atoms with Gasteiger partial charge in [0.25, 0.3) is 0 Å². The highest BCUT2D eigenvalue weighted by Crippen LogP contribution is 2.20. The van der Waals surface area contributed by atoms with E-state index in [0.29, 0.717) is 11.4 Å². The van der Waals surface area contributed by atoms with E-state index in [2.05, 4.69) is 0 Å². The molecule has 1 fully saturated rings. The van der Waals surface area contributed by atoms with Crippen molar-refractivity contribution in [2.24, 2.45) is 5.73 Å². The highest BCUT2D eigenvalue weighted by atomic mass is 35.5. The van der Waals surface area contributed by atoms with Crippen molar-refractivity contribution in [1.82, 2.24) is 0 Å². The molecule has 2 atom stereocenters. The molecule has 0 spiro atoms. The van der Waals surface area contributed by atoms with Crippen molar-refractivity contribution in [1.29, 1.82) is 0 Å². The van der Waals surface area contributed by atoms with Gasteiger partial charge in [0.05, 0.1) is 0 Å². The molecule has 1 rings (SSSR count). The van der Waals surface area contributed by atoms with Crippen molar-refractivity contribution >= 4 is 11.6 Å². The lowest BCUT2D eigenvalue weighted by molar-refractivity contribution is 0.447. The second kappa shape index (κ2) is 2.70. The predicted octanol–water partition coefficient (Wildman–Crippen LogP) is 1.50. The Morgan fingerprint density at radius 1 is 1.38 bits per heavy atom. The maximum atomic E-state index is 5.83. The first-order valence-electron chi connectivity index (χ1n) is 3.18. The van der Waals surface area contributed by atoms with Gasteiger partial charge in [0.2, 0.25) is 0 Å². The van der Waals surface area contributed by atoms with Gasteiger partial charge in [-0.15, -0.1) is 11.6 Å². The van der Waals surface area contributed by atoms with Crippen LogP contribution in [0.5, 0.6) is 0 Å². The van der Waals surface area contributed by atoms with Crippen molar-refractivity contribution in [3.8, 4) is 0 Å². The third-order valence-electron chi connectivity index (χ3n) is 1.65. The SMILES string of the molecule is NC1CCCC(Cl)C1. The number of nitrogens with two attached hydrogens (primary N) is 1. The molecule has 0 aromatic heterocycles. The normalized spacial score (nSPS) is 39.8. The summed E-state index contributed by atoms with van der Waals surface area (Å²) in [6, 6.07) is 0.381. The van der Waals surface area contributed by atoms with Crippen LogP contribution in [0.3, 0.4) is 0 Å². The molecule has 1 nitrogen and oxygen atoms in total. The van der Waals surface area contributed by atoms with E-state index in [-0.39, 0.29) is 0 Å². The van der Waals surface area contributed by atoms with Gasteiger partial charge in [-0.25, -0.2) is 0 Å². The molecular formula is C6H12ClN. The number of halogens is 1. The molecule has 48 valence electrons. The molecule has 0 saturated heterocycles. The minimum atomic E-state index is 0.360. The van der Waals surface area contributed by atoms with E-state index < -0.39 is 0 Å². The summed E-state index contributed by atoms with van der Waals surface area (Å²) in [4.78, 5) is 0. The molecule has 1 aliphatic rings. The van der Waals surface area contributed by atoms with Crippen LogP contribution in [0.15, 0.2) is 0 Å². The fourth-order valence-corrected chi connectivity index (χ4v) is 1.55. The highest BCUT2D eigenvalue weighted by Gasteiger charge is 2.15. The number of alkyl halides is 1. The van der Waals surface area contributed by atoms with Gasteiger partial charge in [0.1, 0.15) is 0 Å². The van der Waals surface area contributed by atoms with Crippen LogP contribution in [0.2, 0.25) is 0 Å². The average molecular weight is 134 g/mol. The van der Waals surface area contributed by atoms with Gasteiger partial charge in [0.15, 0.2) is 0 Å². The maximum absolute atomic E-state index is 5.83. The number of hydrogen-bond donors (Lipinski definition) is 1. The Labute approximate surface area is 55.2 Å². The van der Waals surface area contributed by atoms with Crippen LogP contribution in [0.4, 0.5) is 0 Å². The zero-order valence-corrected chi connectivity index (χ0v) is 5.69. The fourth-order valence-electron chi connectivity index (χ4n) is 1.17. The van der Waals surface area contributed by atoms with E-state index in [0.717, 1.165) is 12.8 Å². The Morgan fingerprint density at radius 3 is 2.50 bits per heavy atom. The van der Waals surface area contributed by atoms with Crippen LogP contribution in [0.1, 0.15) is 25.7 Å². The zero-order chi connectivity index (χ0) is 5.98. The van der Waals surface area contributed by atoms with Crippen molar-refractivity contribution < 1.29 is 0 Å². The van der Waals surface area contributed by atoms with Crippen LogP contribution in [0.25, 0.3) is 0 Å². The fraction of sp³-hybridized carbons (Fsp3) is 1.00. The summed E-state index contributed by atoms with van der Waals surface area (Å²) >= 11 is 5.83. The Bertz CT molecular complexity index is 66.9. The molecule has 0 heterocycles. The van der Waals surface area contributed by atoms with Crippen molar-refractivity contribution in [3.63, 3.8) is 0 Å².